The molecule has 1 saturated carbocycles. The number of methoxy groups -OCH3 is 1. The number of para-hydroxylation sites is 1. The van der Waals surface area contributed by atoms with Crippen LogP contribution in [-0.2, 0) is 16.0 Å². The molecule has 1 aliphatic carbocycles. The number of amides is 2. The number of hydrogen-bond acceptors (Lipinski definition) is 3. The number of hydrogen-bond donors (Lipinski definition) is 1. The lowest BCUT2D eigenvalue weighted by Crippen LogP contribution is -2.40. The molecule has 1 aliphatic heterocycles. The predicted octanol–water partition coefficient (Wildman–Crippen LogP) is 3.67. The third-order valence-electron chi connectivity index (χ3n) is 6.39. The molecular weight excluding hydrogens is 376 g/mol. The quantitative estimate of drug-likeness (QED) is 0.824. The van der Waals surface area contributed by atoms with E-state index < -0.39 is 0 Å². The maximum Gasteiger partial charge on any atom is 0.225 e. The summed E-state index contributed by atoms with van der Waals surface area (Å²) in [5, 5.41) is 3.01. The summed E-state index contributed by atoms with van der Waals surface area (Å²) in [6.07, 6.45) is 4.83. The van der Waals surface area contributed by atoms with E-state index >= 15 is 0 Å². The van der Waals surface area contributed by atoms with Crippen molar-refractivity contribution in [3.8, 4) is 16.9 Å². The summed E-state index contributed by atoms with van der Waals surface area (Å²) in [5.74, 6) is 0.959. The van der Waals surface area contributed by atoms with Gasteiger partial charge < -0.3 is 15.0 Å². The van der Waals surface area contributed by atoms with Crippen molar-refractivity contribution in [2.24, 2.45) is 11.8 Å². The van der Waals surface area contributed by atoms with Crippen molar-refractivity contribution < 1.29 is 14.3 Å². The van der Waals surface area contributed by atoms with Crippen LogP contribution < -0.4 is 10.1 Å². The summed E-state index contributed by atoms with van der Waals surface area (Å²) in [6.45, 7) is 1.62. The Kier molecular flexibility index (Phi) is 6.36. The fourth-order valence-corrected chi connectivity index (χ4v) is 4.78. The zero-order valence-corrected chi connectivity index (χ0v) is 17.6. The number of rotatable bonds is 5. The van der Waals surface area contributed by atoms with Gasteiger partial charge in [0.1, 0.15) is 5.75 Å². The largest absolute Gasteiger partial charge is 0.496 e. The third-order valence-corrected chi connectivity index (χ3v) is 6.39. The molecule has 2 amide bonds. The van der Waals surface area contributed by atoms with Crippen molar-refractivity contribution in [3.05, 3.63) is 54.1 Å². The topological polar surface area (TPSA) is 58.6 Å². The van der Waals surface area contributed by atoms with E-state index in [0.717, 1.165) is 48.1 Å². The highest BCUT2D eigenvalue weighted by Crippen LogP contribution is 2.33. The number of ether oxygens (including phenoxy) is 1. The number of carbonyl (C=O) groups is 2. The molecule has 2 fully saturated rings. The van der Waals surface area contributed by atoms with Crippen molar-refractivity contribution in [1.29, 1.82) is 0 Å². The van der Waals surface area contributed by atoms with E-state index in [2.05, 4.69) is 17.4 Å². The fourth-order valence-electron chi connectivity index (χ4n) is 4.78. The Bertz CT molecular complexity index is 905. The zero-order valence-electron chi connectivity index (χ0n) is 17.6. The summed E-state index contributed by atoms with van der Waals surface area (Å²) in [6, 6.07) is 16.1. The molecule has 2 aromatic rings. The highest BCUT2D eigenvalue weighted by Gasteiger charge is 2.32. The van der Waals surface area contributed by atoms with Gasteiger partial charge in [-0.25, -0.2) is 0 Å². The first-order valence-electron chi connectivity index (χ1n) is 10.9. The minimum absolute atomic E-state index is 0.0338. The van der Waals surface area contributed by atoms with E-state index in [1.54, 1.807) is 7.11 Å². The second-order valence-corrected chi connectivity index (χ2v) is 8.32. The molecule has 2 aromatic carbocycles. The molecule has 158 valence electrons. The zero-order chi connectivity index (χ0) is 20.9. The lowest BCUT2D eigenvalue weighted by atomic mass is 9.91. The van der Waals surface area contributed by atoms with Gasteiger partial charge in [-0.15, -0.1) is 0 Å². The van der Waals surface area contributed by atoms with E-state index in [1.165, 1.54) is 0 Å². The summed E-state index contributed by atoms with van der Waals surface area (Å²) < 4.78 is 5.56. The van der Waals surface area contributed by atoms with Crippen LogP contribution in [0, 0.1) is 11.8 Å². The van der Waals surface area contributed by atoms with Crippen LogP contribution in [0.15, 0.2) is 48.5 Å². The van der Waals surface area contributed by atoms with Crippen molar-refractivity contribution in [3.63, 3.8) is 0 Å². The monoisotopic (exact) mass is 406 g/mol. The maximum absolute atomic E-state index is 13.0. The maximum atomic E-state index is 13.0. The molecule has 4 rings (SSSR count). The van der Waals surface area contributed by atoms with Gasteiger partial charge in [0.15, 0.2) is 0 Å². The van der Waals surface area contributed by atoms with Crippen molar-refractivity contribution in [1.82, 2.24) is 10.2 Å². The highest BCUT2D eigenvalue weighted by atomic mass is 16.5. The lowest BCUT2D eigenvalue weighted by Gasteiger charge is -2.26. The van der Waals surface area contributed by atoms with Crippen LogP contribution >= 0.6 is 0 Å². The van der Waals surface area contributed by atoms with Crippen molar-refractivity contribution in [2.45, 2.75) is 32.1 Å². The Labute approximate surface area is 178 Å². The molecule has 0 spiro atoms. The molecule has 0 unspecified atom stereocenters. The van der Waals surface area contributed by atoms with Crippen LogP contribution in [0.25, 0.3) is 11.1 Å². The normalized spacial score (nSPS) is 20.0. The molecule has 5 heteroatoms. The van der Waals surface area contributed by atoms with Gasteiger partial charge in [-0.1, -0.05) is 55.3 Å². The average molecular weight is 407 g/mol. The van der Waals surface area contributed by atoms with Crippen LogP contribution in [0.1, 0.15) is 31.2 Å². The predicted molar refractivity (Wildman–Crippen MR) is 117 cm³/mol. The molecule has 0 aromatic heterocycles. The van der Waals surface area contributed by atoms with Crippen molar-refractivity contribution in [2.75, 3.05) is 26.7 Å². The second kappa shape index (κ2) is 9.33. The standard InChI is InChI=1S/C25H30N2O3/c1-30-23-13-7-6-12-22(23)21-11-5-4-10-19(21)16-20-17-27(15-14-26-24(20)28)25(29)18-8-2-3-9-18/h4-7,10-13,18,20H,2-3,8-9,14-17H2,1H3,(H,26,28)/t20-/m1/s1. The van der Waals surface area contributed by atoms with E-state index in [0.29, 0.717) is 26.1 Å². The number of nitrogens with one attached hydrogen (secondary N) is 1. The van der Waals surface area contributed by atoms with Gasteiger partial charge in [-0.05, 0) is 36.5 Å². The summed E-state index contributed by atoms with van der Waals surface area (Å²) in [5.41, 5.74) is 3.18. The van der Waals surface area contributed by atoms with Crippen LogP contribution in [0.5, 0.6) is 5.75 Å². The van der Waals surface area contributed by atoms with Gasteiger partial charge in [0.2, 0.25) is 11.8 Å². The van der Waals surface area contributed by atoms with Crippen LogP contribution in [0.2, 0.25) is 0 Å². The number of nitrogens with zero attached hydrogens (tertiary/aromatic N) is 1. The Hall–Kier alpha value is -2.82. The highest BCUT2D eigenvalue weighted by molar-refractivity contribution is 5.84. The van der Waals surface area contributed by atoms with E-state index in [1.807, 2.05) is 41.3 Å². The smallest absolute Gasteiger partial charge is 0.225 e. The van der Waals surface area contributed by atoms with Gasteiger partial charge in [0, 0.05) is 31.1 Å². The summed E-state index contributed by atoms with van der Waals surface area (Å²) in [7, 11) is 1.67. The molecule has 1 N–H and O–H groups in total. The first-order valence-corrected chi connectivity index (χ1v) is 10.9. The van der Waals surface area contributed by atoms with Crippen LogP contribution in [-0.4, -0.2) is 43.5 Å². The Balaban J connectivity index is 1.58. The summed E-state index contributed by atoms with van der Waals surface area (Å²) >= 11 is 0. The lowest BCUT2D eigenvalue weighted by molar-refractivity contribution is -0.136. The molecule has 1 saturated heterocycles. The first kappa shape index (κ1) is 20.5. The molecule has 30 heavy (non-hydrogen) atoms. The van der Waals surface area contributed by atoms with E-state index in [-0.39, 0.29) is 23.7 Å². The third kappa shape index (κ3) is 4.35. The SMILES string of the molecule is COc1ccccc1-c1ccccc1C[C@@H]1CN(C(=O)C2CCCC2)CCNC1=O. The molecule has 0 bridgehead atoms. The molecular formula is C25H30N2O3. The molecule has 2 aliphatic rings. The fraction of sp³-hybridized carbons (Fsp3) is 0.440. The van der Waals surface area contributed by atoms with E-state index in [4.69, 9.17) is 4.74 Å². The molecule has 1 heterocycles. The Morgan fingerprint density at radius 3 is 2.53 bits per heavy atom. The van der Waals surface area contributed by atoms with E-state index in [9.17, 15) is 9.59 Å². The van der Waals surface area contributed by atoms with Gasteiger partial charge in [0.05, 0.1) is 13.0 Å². The van der Waals surface area contributed by atoms with Gasteiger partial charge in [0.25, 0.3) is 0 Å². The summed E-state index contributed by atoms with van der Waals surface area (Å²) in [4.78, 5) is 27.7. The first-order chi connectivity index (χ1) is 14.7. The van der Waals surface area contributed by atoms with Gasteiger partial charge in [-0.3, -0.25) is 9.59 Å². The molecule has 5 nitrogen and oxygen atoms in total. The Morgan fingerprint density at radius 1 is 1.07 bits per heavy atom. The minimum atomic E-state index is -0.256. The molecule has 0 radical (unpaired) electrons. The van der Waals surface area contributed by atoms with Crippen LogP contribution in [0.4, 0.5) is 0 Å². The van der Waals surface area contributed by atoms with Crippen molar-refractivity contribution >= 4 is 11.8 Å². The second-order valence-electron chi connectivity index (χ2n) is 8.32. The van der Waals surface area contributed by atoms with Gasteiger partial charge >= 0.3 is 0 Å². The van der Waals surface area contributed by atoms with Gasteiger partial charge in [-0.2, -0.15) is 0 Å². The van der Waals surface area contributed by atoms with Crippen LogP contribution in [0.3, 0.4) is 0 Å². The number of carbonyl (C=O) groups excluding carboxylic acids is 2. The molecule has 1 atom stereocenters. The average Bonchev–Trinajstić information content (AvgIpc) is 3.26. The number of benzene rings is 2. The Morgan fingerprint density at radius 2 is 1.77 bits per heavy atom. The minimum Gasteiger partial charge on any atom is -0.496 e.